The van der Waals surface area contributed by atoms with Crippen LogP contribution in [-0.2, 0) is 11.2 Å². The first-order chi connectivity index (χ1) is 15.1. The van der Waals surface area contributed by atoms with Crippen LogP contribution in [0.1, 0.15) is 34.5 Å². The van der Waals surface area contributed by atoms with Crippen LogP contribution in [-0.4, -0.2) is 43.3 Å². The highest BCUT2D eigenvalue weighted by Crippen LogP contribution is 2.29. The van der Waals surface area contributed by atoms with Gasteiger partial charge in [0.15, 0.2) is 11.5 Å². The van der Waals surface area contributed by atoms with E-state index in [1.165, 1.54) is 14.2 Å². The summed E-state index contributed by atoms with van der Waals surface area (Å²) < 4.78 is 10.4. The van der Waals surface area contributed by atoms with Gasteiger partial charge in [-0.15, -0.1) is 0 Å². The first-order valence-electron chi connectivity index (χ1n) is 10.1. The fraction of sp³-hybridized carbons (Fsp3) is 0.261. The summed E-state index contributed by atoms with van der Waals surface area (Å²) >= 11 is 0. The number of amides is 2. The minimum Gasteiger partial charge on any atom is -0.493 e. The normalized spacial score (nSPS) is 14.2. The molecule has 0 saturated carbocycles. The molecule has 0 unspecified atom stereocenters. The van der Waals surface area contributed by atoms with E-state index in [0.717, 1.165) is 47.1 Å². The molecule has 0 bridgehead atoms. The van der Waals surface area contributed by atoms with Crippen LogP contribution in [0, 0.1) is 0 Å². The number of nitrogens with one attached hydrogen (secondary N) is 3. The number of fused-ring (bicyclic) bond motifs is 3. The largest absolute Gasteiger partial charge is 0.493 e. The molecule has 3 N–H and O–H groups in total. The van der Waals surface area contributed by atoms with Crippen molar-refractivity contribution in [2.24, 2.45) is 5.10 Å². The molecule has 1 heterocycles. The molecule has 160 valence electrons. The maximum atomic E-state index is 12.4. The summed E-state index contributed by atoms with van der Waals surface area (Å²) in [5.41, 5.74) is 7.06. The Balaban J connectivity index is 1.40. The average Bonchev–Trinajstić information content (AvgIpc) is 3.20. The maximum absolute atomic E-state index is 12.4. The van der Waals surface area contributed by atoms with Gasteiger partial charge in [-0.05, 0) is 43.5 Å². The smallest absolute Gasteiger partial charge is 0.259 e. The molecule has 3 aromatic rings. The van der Waals surface area contributed by atoms with Crippen molar-refractivity contribution in [2.45, 2.75) is 19.3 Å². The minimum atomic E-state index is -0.395. The van der Waals surface area contributed by atoms with E-state index >= 15 is 0 Å². The van der Waals surface area contributed by atoms with Gasteiger partial charge in [-0.1, -0.05) is 18.2 Å². The number of H-pyrrole nitrogens is 1. The molecular formula is C23H24N4O4. The number of benzene rings is 2. The summed E-state index contributed by atoms with van der Waals surface area (Å²) in [4.78, 5) is 28.1. The first kappa shape index (κ1) is 20.5. The summed E-state index contributed by atoms with van der Waals surface area (Å²) in [5.74, 6) is 0.184. The van der Waals surface area contributed by atoms with E-state index in [1.54, 1.807) is 18.2 Å². The van der Waals surface area contributed by atoms with Crippen LogP contribution in [0.5, 0.6) is 11.5 Å². The van der Waals surface area contributed by atoms with Crippen LogP contribution < -0.4 is 20.2 Å². The Bertz CT molecular complexity index is 1170. The topological polar surface area (TPSA) is 105 Å². The summed E-state index contributed by atoms with van der Waals surface area (Å²) in [5, 5.41) is 8.06. The molecule has 0 fully saturated rings. The number of carbonyl (C=O) groups excluding carboxylic acids is 2. The minimum absolute atomic E-state index is 0.190. The molecule has 1 aliphatic rings. The zero-order valence-corrected chi connectivity index (χ0v) is 17.5. The molecule has 0 spiro atoms. The molecule has 1 aromatic heterocycles. The van der Waals surface area contributed by atoms with Crippen molar-refractivity contribution in [3.63, 3.8) is 0 Å². The lowest BCUT2D eigenvalue weighted by Gasteiger charge is -2.14. The van der Waals surface area contributed by atoms with Crippen LogP contribution in [0.3, 0.4) is 0 Å². The number of aromatic amines is 1. The average molecular weight is 420 g/mol. The van der Waals surface area contributed by atoms with E-state index in [2.05, 4.69) is 26.9 Å². The van der Waals surface area contributed by atoms with Crippen molar-refractivity contribution in [1.29, 1.82) is 0 Å². The van der Waals surface area contributed by atoms with Crippen molar-refractivity contribution in [2.75, 3.05) is 20.8 Å². The number of methoxy groups -OCH3 is 2. The van der Waals surface area contributed by atoms with Crippen LogP contribution in [0.25, 0.3) is 10.9 Å². The van der Waals surface area contributed by atoms with Crippen molar-refractivity contribution in [1.82, 2.24) is 15.7 Å². The van der Waals surface area contributed by atoms with Crippen molar-refractivity contribution < 1.29 is 19.1 Å². The summed E-state index contributed by atoms with van der Waals surface area (Å²) in [6.07, 6.45) is 2.70. The van der Waals surface area contributed by atoms with E-state index in [1.807, 2.05) is 18.2 Å². The summed E-state index contributed by atoms with van der Waals surface area (Å²) in [6, 6.07) is 12.9. The van der Waals surface area contributed by atoms with E-state index in [9.17, 15) is 9.59 Å². The monoisotopic (exact) mass is 420 g/mol. The van der Waals surface area contributed by atoms with Gasteiger partial charge in [0.05, 0.1) is 26.5 Å². The third-order valence-corrected chi connectivity index (χ3v) is 5.28. The van der Waals surface area contributed by atoms with Gasteiger partial charge in [0.2, 0.25) is 0 Å². The molecule has 8 nitrogen and oxygen atoms in total. The second kappa shape index (κ2) is 8.91. The molecule has 0 atom stereocenters. The second-order valence-corrected chi connectivity index (χ2v) is 7.22. The molecule has 2 aromatic carbocycles. The van der Waals surface area contributed by atoms with Crippen molar-refractivity contribution in [3.05, 3.63) is 59.3 Å². The Kier molecular flexibility index (Phi) is 5.88. The van der Waals surface area contributed by atoms with E-state index in [-0.39, 0.29) is 12.5 Å². The van der Waals surface area contributed by atoms with E-state index in [4.69, 9.17) is 9.47 Å². The molecule has 0 radical (unpaired) electrons. The zero-order chi connectivity index (χ0) is 21.8. The van der Waals surface area contributed by atoms with Gasteiger partial charge >= 0.3 is 0 Å². The molecule has 2 amide bonds. The van der Waals surface area contributed by atoms with E-state index < -0.39 is 5.91 Å². The molecule has 8 heteroatoms. The molecular weight excluding hydrogens is 396 g/mol. The van der Waals surface area contributed by atoms with Gasteiger partial charge in [0.25, 0.3) is 11.8 Å². The van der Waals surface area contributed by atoms with Gasteiger partial charge in [-0.3, -0.25) is 9.59 Å². The fourth-order valence-corrected chi connectivity index (χ4v) is 3.79. The molecule has 0 aliphatic heterocycles. The van der Waals surface area contributed by atoms with Gasteiger partial charge in [0.1, 0.15) is 0 Å². The van der Waals surface area contributed by atoms with Gasteiger partial charge in [-0.25, -0.2) is 5.43 Å². The molecule has 0 saturated heterocycles. The molecule has 31 heavy (non-hydrogen) atoms. The van der Waals surface area contributed by atoms with Crippen LogP contribution in [0.15, 0.2) is 47.6 Å². The lowest BCUT2D eigenvalue weighted by atomic mass is 9.94. The Hall–Kier alpha value is -3.81. The quantitative estimate of drug-likeness (QED) is 0.533. The number of hydrazone groups is 1. The Labute approximate surface area is 179 Å². The SMILES string of the molecule is COc1ccc(C(=O)NCC(=O)NN=C2CCCc3[nH]c4ccccc4c32)cc1OC. The van der Waals surface area contributed by atoms with Crippen molar-refractivity contribution in [3.8, 4) is 11.5 Å². The van der Waals surface area contributed by atoms with E-state index in [0.29, 0.717) is 17.1 Å². The number of aromatic nitrogens is 1. The number of nitrogens with zero attached hydrogens (tertiary/aromatic N) is 1. The number of ether oxygens (including phenoxy) is 2. The molecule has 4 rings (SSSR count). The number of para-hydroxylation sites is 1. The molecule has 1 aliphatic carbocycles. The van der Waals surface area contributed by atoms with Gasteiger partial charge < -0.3 is 19.8 Å². The van der Waals surface area contributed by atoms with Gasteiger partial charge in [0, 0.05) is 27.7 Å². The first-order valence-corrected chi connectivity index (χ1v) is 10.1. The number of hydrogen-bond donors (Lipinski definition) is 3. The second-order valence-electron chi connectivity index (χ2n) is 7.22. The lowest BCUT2D eigenvalue weighted by Crippen LogP contribution is -2.35. The number of carbonyl (C=O) groups is 2. The Morgan fingerprint density at radius 1 is 1.06 bits per heavy atom. The summed E-state index contributed by atoms with van der Waals surface area (Å²) in [7, 11) is 3.02. The predicted molar refractivity (Wildman–Crippen MR) is 118 cm³/mol. The van der Waals surface area contributed by atoms with Crippen LogP contribution in [0.4, 0.5) is 0 Å². The highest BCUT2D eigenvalue weighted by Gasteiger charge is 2.21. The van der Waals surface area contributed by atoms with Crippen molar-refractivity contribution >= 4 is 28.4 Å². The van der Waals surface area contributed by atoms with Gasteiger partial charge in [-0.2, -0.15) is 5.10 Å². The third kappa shape index (κ3) is 4.23. The third-order valence-electron chi connectivity index (χ3n) is 5.28. The lowest BCUT2D eigenvalue weighted by molar-refractivity contribution is -0.120. The standard InChI is InChI=1S/C23H24N4O4/c1-30-19-11-10-14(12-20(19)31-2)23(29)24-13-21(28)27-26-18-9-5-8-17-22(18)15-6-3-4-7-16(15)25-17/h3-4,6-7,10-12,25H,5,8-9,13H2,1-2H3,(H,24,29)(H,27,28). The predicted octanol–water partition coefficient (Wildman–Crippen LogP) is 2.77. The van der Waals surface area contributed by atoms with Crippen LogP contribution in [0.2, 0.25) is 0 Å². The highest BCUT2D eigenvalue weighted by atomic mass is 16.5. The maximum Gasteiger partial charge on any atom is 0.259 e. The Morgan fingerprint density at radius 3 is 2.68 bits per heavy atom. The highest BCUT2D eigenvalue weighted by molar-refractivity contribution is 6.13. The number of aryl methyl sites for hydroxylation is 1. The number of hydrogen-bond acceptors (Lipinski definition) is 5. The summed E-state index contributed by atoms with van der Waals surface area (Å²) in [6.45, 7) is -0.190. The Morgan fingerprint density at radius 2 is 1.87 bits per heavy atom. The fourth-order valence-electron chi connectivity index (χ4n) is 3.79. The number of rotatable bonds is 6. The van der Waals surface area contributed by atoms with Crippen LogP contribution >= 0.6 is 0 Å². The zero-order valence-electron chi connectivity index (χ0n) is 17.5.